The van der Waals surface area contributed by atoms with E-state index in [-0.39, 0.29) is 30.5 Å². The van der Waals surface area contributed by atoms with Crippen molar-refractivity contribution in [3.8, 4) is 0 Å². The summed E-state index contributed by atoms with van der Waals surface area (Å²) in [6.45, 7) is 7.13. The average Bonchev–Trinajstić information content (AvgIpc) is 2.15. The minimum Gasteiger partial charge on any atom is -0.372 e. The van der Waals surface area contributed by atoms with Crippen LogP contribution < -0.4 is 5.73 Å². The molecule has 5 heteroatoms. The van der Waals surface area contributed by atoms with Crippen molar-refractivity contribution in [3.05, 3.63) is 0 Å². The monoisotopic (exact) mass is 236 g/mol. The van der Waals surface area contributed by atoms with Crippen molar-refractivity contribution in [1.29, 1.82) is 0 Å². The summed E-state index contributed by atoms with van der Waals surface area (Å²) in [5.41, 5.74) is 5.57. The lowest BCUT2D eigenvalue weighted by atomic mass is 10.1. The first-order chi connectivity index (χ1) is 6.54. The molecule has 90 valence electrons. The summed E-state index contributed by atoms with van der Waals surface area (Å²) in [5, 5.41) is 0. The van der Waals surface area contributed by atoms with Crippen molar-refractivity contribution in [1.82, 2.24) is 4.90 Å². The van der Waals surface area contributed by atoms with Gasteiger partial charge in [-0.05, 0) is 20.3 Å². The molecule has 3 atom stereocenters. The maximum Gasteiger partial charge on any atom is 0.239 e. The Kier molecular flexibility index (Phi) is 6.17. The van der Waals surface area contributed by atoms with Crippen LogP contribution in [0.2, 0.25) is 0 Å². The van der Waals surface area contributed by atoms with E-state index in [2.05, 4.69) is 6.92 Å². The van der Waals surface area contributed by atoms with Gasteiger partial charge in [-0.2, -0.15) is 0 Å². The Morgan fingerprint density at radius 3 is 2.67 bits per heavy atom. The SMILES string of the molecule is CCC1CN(C(=O)C(C)N)CC(C)O1.Cl. The zero-order valence-corrected chi connectivity index (χ0v) is 10.4. The molecule has 0 radical (unpaired) electrons. The van der Waals surface area contributed by atoms with Crippen molar-refractivity contribution in [3.63, 3.8) is 0 Å². The third-order valence-corrected chi connectivity index (χ3v) is 2.48. The highest BCUT2D eigenvalue weighted by Crippen LogP contribution is 2.13. The van der Waals surface area contributed by atoms with E-state index in [9.17, 15) is 4.79 Å². The fourth-order valence-corrected chi connectivity index (χ4v) is 1.74. The summed E-state index contributed by atoms with van der Waals surface area (Å²) in [7, 11) is 0. The molecular formula is C10H21ClN2O2. The quantitative estimate of drug-likeness (QED) is 0.771. The van der Waals surface area contributed by atoms with E-state index < -0.39 is 6.04 Å². The minimum absolute atomic E-state index is 0. The lowest BCUT2D eigenvalue weighted by Crippen LogP contribution is -2.52. The van der Waals surface area contributed by atoms with E-state index in [4.69, 9.17) is 10.5 Å². The van der Waals surface area contributed by atoms with Crippen molar-refractivity contribution in [2.75, 3.05) is 13.1 Å². The highest BCUT2D eigenvalue weighted by molar-refractivity contribution is 5.85. The largest absolute Gasteiger partial charge is 0.372 e. The van der Waals surface area contributed by atoms with Crippen LogP contribution in [0.3, 0.4) is 0 Å². The highest BCUT2D eigenvalue weighted by atomic mass is 35.5. The fraction of sp³-hybridized carbons (Fsp3) is 0.900. The molecule has 1 aliphatic rings. The van der Waals surface area contributed by atoms with E-state index in [1.165, 1.54) is 0 Å². The summed E-state index contributed by atoms with van der Waals surface area (Å²) in [5.74, 6) is 0.0265. The van der Waals surface area contributed by atoms with E-state index in [0.717, 1.165) is 6.42 Å². The predicted octanol–water partition coefficient (Wildman–Crippen LogP) is 0.781. The molecule has 0 aromatic rings. The van der Waals surface area contributed by atoms with Gasteiger partial charge >= 0.3 is 0 Å². The molecule has 0 aromatic heterocycles. The second-order valence-corrected chi connectivity index (χ2v) is 4.01. The van der Waals surface area contributed by atoms with Crippen LogP contribution >= 0.6 is 12.4 Å². The molecule has 3 unspecified atom stereocenters. The fourth-order valence-electron chi connectivity index (χ4n) is 1.74. The molecule has 15 heavy (non-hydrogen) atoms. The average molecular weight is 237 g/mol. The molecule has 0 bridgehead atoms. The summed E-state index contributed by atoms with van der Waals surface area (Å²) in [6.07, 6.45) is 1.23. The Hall–Kier alpha value is -0.320. The van der Waals surface area contributed by atoms with Gasteiger partial charge in [-0.25, -0.2) is 0 Å². The number of morpholine rings is 1. The summed E-state index contributed by atoms with van der Waals surface area (Å²) < 4.78 is 5.66. The number of hydrogen-bond donors (Lipinski definition) is 1. The lowest BCUT2D eigenvalue weighted by molar-refractivity contribution is -0.145. The zero-order valence-electron chi connectivity index (χ0n) is 9.60. The van der Waals surface area contributed by atoms with Crippen LogP contribution in [0.25, 0.3) is 0 Å². The van der Waals surface area contributed by atoms with Gasteiger partial charge in [0.2, 0.25) is 5.91 Å². The maximum atomic E-state index is 11.7. The number of nitrogens with two attached hydrogens (primary N) is 1. The Labute approximate surface area is 97.5 Å². The molecule has 1 amide bonds. The molecule has 1 saturated heterocycles. The highest BCUT2D eigenvalue weighted by Gasteiger charge is 2.28. The number of ether oxygens (including phenoxy) is 1. The van der Waals surface area contributed by atoms with Gasteiger partial charge in [0.25, 0.3) is 0 Å². The van der Waals surface area contributed by atoms with Gasteiger partial charge in [0, 0.05) is 13.1 Å². The van der Waals surface area contributed by atoms with Crippen LogP contribution in [0.5, 0.6) is 0 Å². The van der Waals surface area contributed by atoms with Crippen molar-refractivity contribution in [2.45, 2.75) is 45.4 Å². The maximum absolute atomic E-state index is 11.7. The number of halogens is 1. The molecule has 4 nitrogen and oxygen atoms in total. The first kappa shape index (κ1) is 14.7. The van der Waals surface area contributed by atoms with Gasteiger partial charge in [-0.15, -0.1) is 12.4 Å². The van der Waals surface area contributed by atoms with Crippen LogP contribution in [0, 0.1) is 0 Å². The summed E-state index contributed by atoms with van der Waals surface area (Å²) in [6, 6.07) is -0.405. The van der Waals surface area contributed by atoms with Gasteiger partial charge < -0.3 is 15.4 Å². The first-order valence-corrected chi connectivity index (χ1v) is 5.24. The second kappa shape index (κ2) is 6.30. The number of carbonyl (C=O) groups is 1. The zero-order chi connectivity index (χ0) is 10.7. The smallest absolute Gasteiger partial charge is 0.239 e. The Bertz CT molecular complexity index is 212. The Balaban J connectivity index is 0.00000196. The number of hydrogen-bond acceptors (Lipinski definition) is 3. The van der Waals surface area contributed by atoms with Crippen LogP contribution in [-0.2, 0) is 9.53 Å². The lowest BCUT2D eigenvalue weighted by Gasteiger charge is -2.37. The summed E-state index contributed by atoms with van der Waals surface area (Å²) >= 11 is 0. The van der Waals surface area contributed by atoms with E-state index in [0.29, 0.717) is 13.1 Å². The number of carbonyl (C=O) groups excluding carboxylic acids is 1. The van der Waals surface area contributed by atoms with E-state index >= 15 is 0 Å². The van der Waals surface area contributed by atoms with Crippen LogP contribution in [0.15, 0.2) is 0 Å². The molecule has 1 fully saturated rings. The molecule has 0 aliphatic carbocycles. The third-order valence-electron chi connectivity index (χ3n) is 2.48. The molecule has 1 aliphatic heterocycles. The van der Waals surface area contributed by atoms with Crippen LogP contribution in [0.1, 0.15) is 27.2 Å². The number of nitrogens with zero attached hydrogens (tertiary/aromatic N) is 1. The van der Waals surface area contributed by atoms with Gasteiger partial charge in [0.05, 0.1) is 18.2 Å². The minimum atomic E-state index is -0.405. The van der Waals surface area contributed by atoms with Crippen molar-refractivity contribution >= 4 is 18.3 Å². The standard InChI is InChI=1S/C10H20N2O2.ClH/c1-4-9-6-12(5-7(2)14-9)10(13)8(3)11;/h7-9H,4-6,11H2,1-3H3;1H. The van der Waals surface area contributed by atoms with Crippen molar-refractivity contribution in [2.24, 2.45) is 5.73 Å². The molecular weight excluding hydrogens is 216 g/mol. The second-order valence-electron chi connectivity index (χ2n) is 4.01. The Morgan fingerprint density at radius 1 is 1.60 bits per heavy atom. The van der Waals surface area contributed by atoms with Gasteiger partial charge in [-0.1, -0.05) is 6.92 Å². The molecule has 1 rings (SSSR count). The van der Waals surface area contributed by atoms with Gasteiger partial charge in [0.15, 0.2) is 0 Å². The Morgan fingerprint density at radius 2 is 2.20 bits per heavy atom. The first-order valence-electron chi connectivity index (χ1n) is 5.24. The van der Waals surface area contributed by atoms with Crippen LogP contribution in [-0.4, -0.2) is 42.1 Å². The molecule has 1 heterocycles. The van der Waals surface area contributed by atoms with Gasteiger partial charge in [0.1, 0.15) is 0 Å². The molecule has 0 spiro atoms. The molecule has 0 aromatic carbocycles. The third kappa shape index (κ3) is 3.97. The topological polar surface area (TPSA) is 55.6 Å². The van der Waals surface area contributed by atoms with E-state index in [1.54, 1.807) is 6.92 Å². The van der Waals surface area contributed by atoms with Crippen molar-refractivity contribution < 1.29 is 9.53 Å². The van der Waals surface area contributed by atoms with Crippen LogP contribution in [0.4, 0.5) is 0 Å². The summed E-state index contributed by atoms with van der Waals surface area (Å²) in [4.78, 5) is 13.5. The predicted molar refractivity (Wildman–Crippen MR) is 62.1 cm³/mol. The molecule has 2 N–H and O–H groups in total. The molecule has 0 saturated carbocycles. The van der Waals surface area contributed by atoms with Gasteiger partial charge in [-0.3, -0.25) is 4.79 Å². The normalized spacial score (nSPS) is 28.1. The number of amides is 1. The van der Waals surface area contributed by atoms with E-state index in [1.807, 2.05) is 11.8 Å². The number of rotatable bonds is 2.